The maximum atomic E-state index is 12.4. The lowest BCUT2D eigenvalue weighted by molar-refractivity contribution is -0.118. The van der Waals surface area contributed by atoms with Crippen molar-refractivity contribution in [1.82, 2.24) is 5.32 Å². The summed E-state index contributed by atoms with van der Waals surface area (Å²) in [4.78, 5) is 47.9. The Hall–Kier alpha value is 0.460. The molecule has 2 aromatic carbocycles. The lowest BCUT2D eigenvalue weighted by Gasteiger charge is -2.25. The van der Waals surface area contributed by atoms with Gasteiger partial charge < -0.3 is 51.7 Å². The number of carbonyl (C=O) groups is 4. The zero-order valence-electron chi connectivity index (χ0n) is 24.2. The van der Waals surface area contributed by atoms with Crippen LogP contribution in [0.5, 0.6) is 0 Å². The van der Waals surface area contributed by atoms with Crippen LogP contribution >= 0.6 is 136 Å². The molecule has 20 heteroatoms. The predicted molar refractivity (Wildman–Crippen MR) is 224 cm³/mol. The number of aliphatic hydroxyl groups is 5. The van der Waals surface area contributed by atoms with E-state index in [0.29, 0.717) is 38.5 Å². The molecule has 2 aromatic rings. The van der Waals surface area contributed by atoms with E-state index in [1.165, 1.54) is 0 Å². The van der Waals surface area contributed by atoms with E-state index in [1.807, 2.05) is 90.4 Å². The predicted octanol–water partition coefficient (Wildman–Crippen LogP) is 3.49. The quantitative estimate of drug-likeness (QED) is 0.0911. The summed E-state index contributed by atoms with van der Waals surface area (Å²) in [6.07, 6.45) is -4.37. The molecule has 2 rings (SSSR count). The second-order valence-corrected chi connectivity index (χ2v) is 16.4. The van der Waals surface area contributed by atoms with Gasteiger partial charge in [-0.05, 0) is 168 Å². The normalized spacial score (nSPS) is 13.4. The first-order valence-corrected chi connectivity index (χ1v) is 19.8. The van der Waals surface area contributed by atoms with Gasteiger partial charge in [0.2, 0.25) is 11.8 Å². The van der Waals surface area contributed by atoms with Gasteiger partial charge in [0.15, 0.2) is 0 Å². The Labute approximate surface area is 351 Å². The average Bonchev–Trinajstić information content (AvgIpc) is 2.98. The highest BCUT2D eigenvalue weighted by Crippen LogP contribution is 2.33. The number of amides is 2. The standard InChI is InChI=1S/C20H14I6N2O6.C7H17NO5/c21-7-5-9(23)17(15(25)13(7)19(31)32)27-11(29)3-1-2-4-12(30)28-18-10(24)6-8(22)14(16(18)26)20(33)34;1-8-2-4(10)6(12)7(13)5(11)3-9/h5-6H,1-4H2,(H,27,29)(H,28,30)(H,31,32)(H,33,34);4-13H,2-3H2,1H3. The van der Waals surface area contributed by atoms with Crippen LogP contribution in [0.2, 0.25) is 0 Å². The summed E-state index contributed by atoms with van der Waals surface area (Å²) in [5, 5.41) is 71.9. The van der Waals surface area contributed by atoms with Crippen molar-refractivity contribution in [2.24, 2.45) is 0 Å². The molecule has 0 fully saturated rings. The minimum absolute atomic E-state index is 0.0936. The molecule has 0 heterocycles. The first-order chi connectivity index (χ1) is 21.9. The fraction of sp³-hybridized carbons (Fsp3) is 0.407. The Bertz CT molecular complexity index is 1360. The molecule has 47 heavy (non-hydrogen) atoms. The third kappa shape index (κ3) is 14.2. The molecule has 0 saturated carbocycles. The molecule has 4 atom stereocenters. The molecule has 0 saturated heterocycles. The number of carboxylic acid groups (broad SMARTS) is 2. The highest BCUT2D eigenvalue weighted by molar-refractivity contribution is 14.1. The third-order valence-electron chi connectivity index (χ3n) is 6.09. The van der Waals surface area contributed by atoms with Crippen LogP contribution in [0.1, 0.15) is 46.4 Å². The molecule has 4 unspecified atom stereocenters. The topological polar surface area (TPSA) is 246 Å². The van der Waals surface area contributed by atoms with Gasteiger partial charge in [0.1, 0.15) is 18.3 Å². The summed E-state index contributed by atoms with van der Waals surface area (Å²) in [7, 11) is 1.57. The zero-order valence-corrected chi connectivity index (χ0v) is 37.2. The summed E-state index contributed by atoms with van der Waals surface area (Å²) >= 11 is 11.9. The fourth-order valence-corrected chi connectivity index (χ4v) is 11.9. The minimum Gasteiger partial charge on any atom is -0.478 e. The number of carbonyl (C=O) groups excluding carboxylic acids is 2. The van der Waals surface area contributed by atoms with Crippen LogP contribution < -0.4 is 16.0 Å². The van der Waals surface area contributed by atoms with Crippen LogP contribution in [0, 0.1) is 21.4 Å². The van der Waals surface area contributed by atoms with Crippen molar-refractivity contribution in [1.29, 1.82) is 0 Å². The number of hydrogen-bond donors (Lipinski definition) is 10. The Morgan fingerprint density at radius 3 is 1.34 bits per heavy atom. The third-order valence-corrected chi connectivity index (χ3v) is 11.7. The van der Waals surface area contributed by atoms with E-state index in [1.54, 1.807) is 19.2 Å². The lowest BCUT2D eigenvalue weighted by Crippen LogP contribution is -2.48. The zero-order chi connectivity index (χ0) is 36.2. The van der Waals surface area contributed by atoms with Gasteiger partial charge in [0.05, 0.1) is 42.4 Å². The van der Waals surface area contributed by atoms with Gasteiger partial charge in [0, 0.05) is 33.7 Å². The lowest BCUT2D eigenvalue weighted by atomic mass is 10.0. The van der Waals surface area contributed by atoms with Gasteiger partial charge in [-0.25, -0.2) is 9.59 Å². The van der Waals surface area contributed by atoms with Crippen molar-refractivity contribution < 1.29 is 54.9 Å². The van der Waals surface area contributed by atoms with Crippen LogP contribution in [0.4, 0.5) is 11.4 Å². The monoisotopic (exact) mass is 1330 g/mol. The summed E-state index contributed by atoms with van der Waals surface area (Å²) in [5.41, 5.74) is 1.25. The number of halogens is 6. The summed E-state index contributed by atoms with van der Waals surface area (Å²) in [6, 6.07) is 3.41. The molecule has 0 aliphatic heterocycles. The summed E-state index contributed by atoms with van der Waals surface area (Å²) in [6.45, 7) is -0.569. The van der Waals surface area contributed by atoms with Gasteiger partial charge in [-0.15, -0.1) is 0 Å². The van der Waals surface area contributed by atoms with Crippen LogP contribution in [-0.2, 0) is 9.59 Å². The number of rotatable bonds is 15. The molecule has 0 aromatic heterocycles. The molecule has 0 bridgehead atoms. The van der Waals surface area contributed by atoms with Crippen molar-refractivity contribution in [2.75, 3.05) is 30.8 Å². The molecule has 2 amide bonds. The molecule has 10 N–H and O–H groups in total. The highest BCUT2D eigenvalue weighted by atomic mass is 127. The van der Waals surface area contributed by atoms with Crippen LogP contribution in [0.15, 0.2) is 12.1 Å². The van der Waals surface area contributed by atoms with Gasteiger partial charge >= 0.3 is 11.9 Å². The molecule has 0 spiro atoms. The first-order valence-electron chi connectivity index (χ1n) is 13.3. The van der Waals surface area contributed by atoms with Crippen LogP contribution in [-0.4, -0.2) is 104 Å². The number of aromatic carboxylic acids is 2. The second kappa shape index (κ2) is 22.4. The van der Waals surface area contributed by atoms with E-state index in [0.717, 1.165) is 7.14 Å². The Balaban J connectivity index is 0.000000716. The van der Waals surface area contributed by atoms with Crippen molar-refractivity contribution in [2.45, 2.75) is 50.1 Å². The van der Waals surface area contributed by atoms with E-state index in [4.69, 9.17) is 20.4 Å². The van der Waals surface area contributed by atoms with Gasteiger partial charge in [-0.2, -0.15) is 0 Å². The van der Waals surface area contributed by atoms with Gasteiger partial charge in [-0.3, -0.25) is 9.59 Å². The molecular weight excluding hydrogens is 1300 g/mol. The minimum atomic E-state index is -1.55. The number of unbranched alkanes of at least 4 members (excludes halogenated alkanes) is 1. The van der Waals surface area contributed by atoms with E-state index in [9.17, 15) is 34.5 Å². The first kappa shape index (κ1) is 45.5. The molecule has 0 aliphatic rings. The summed E-state index contributed by atoms with van der Waals surface area (Å²) in [5.74, 6) is -2.64. The van der Waals surface area contributed by atoms with E-state index in [2.05, 4.69) is 61.1 Å². The molecular formula is C27H31I6N3O11. The SMILES string of the molecule is CNCC(O)C(O)C(O)C(O)CO.O=C(CCCCC(=O)Nc1c(I)cc(I)c(C(=O)O)c1I)Nc1c(I)cc(I)c(C(=O)O)c1I. The van der Waals surface area contributed by atoms with E-state index >= 15 is 0 Å². The fourth-order valence-electron chi connectivity index (χ4n) is 3.67. The van der Waals surface area contributed by atoms with Gasteiger partial charge in [-0.1, -0.05) is 0 Å². The molecule has 0 radical (unpaired) electrons. The number of carboxylic acids is 2. The number of anilines is 2. The van der Waals surface area contributed by atoms with Crippen molar-refractivity contribution >= 4 is 171 Å². The Kier molecular flexibility index (Phi) is 21.7. The maximum absolute atomic E-state index is 12.4. The van der Waals surface area contributed by atoms with Crippen molar-refractivity contribution in [3.8, 4) is 0 Å². The van der Waals surface area contributed by atoms with Gasteiger partial charge in [0.25, 0.3) is 0 Å². The number of nitrogens with one attached hydrogen (secondary N) is 3. The summed E-state index contributed by atoms with van der Waals surface area (Å²) < 4.78 is 3.61. The highest BCUT2D eigenvalue weighted by Gasteiger charge is 2.29. The van der Waals surface area contributed by atoms with Crippen molar-refractivity contribution in [3.63, 3.8) is 0 Å². The molecule has 262 valence electrons. The second-order valence-electron chi connectivity index (χ2n) is 9.58. The Morgan fingerprint density at radius 2 is 1.02 bits per heavy atom. The number of likely N-dealkylation sites (N-methyl/N-ethyl adjacent to an activating group) is 1. The smallest absolute Gasteiger partial charge is 0.337 e. The number of hydrogen-bond acceptors (Lipinski definition) is 10. The average molecular weight is 1330 g/mol. The van der Waals surface area contributed by atoms with Crippen molar-refractivity contribution in [3.05, 3.63) is 44.7 Å². The number of benzene rings is 2. The van der Waals surface area contributed by atoms with E-state index in [-0.39, 0.29) is 42.3 Å². The maximum Gasteiger partial charge on any atom is 0.337 e. The molecule has 14 nitrogen and oxygen atoms in total. The Morgan fingerprint density at radius 1 is 0.660 bits per heavy atom. The van der Waals surface area contributed by atoms with Crippen LogP contribution in [0.3, 0.4) is 0 Å². The van der Waals surface area contributed by atoms with E-state index < -0.39 is 43.0 Å². The molecule has 0 aliphatic carbocycles. The largest absolute Gasteiger partial charge is 0.478 e. The number of aliphatic hydroxyl groups excluding tert-OH is 5. The van der Waals surface area contributed by atoms with Crippen LogP contribution in [0.25, 0.3) is 0 Å².